The van der Waals surface area contributed by atoms with Crippen molar-refractivity contribution in [1.82, 2.24) is 10.3 Å². The van der Waals surface area contributed by atoms with E-state index in [0.29, 0.717) is 52.2 Å². The number of amides is 2. The van der Waals surface area contributed by atoms with Crippen LogP contribution in [0.5, 0.6) is 5.88 Å². The molecule has 1 aliphatic carbocycles. The van der Waals surface area contributed by atoms with Crippen molar-refractivity contribution in [2.24, 2.45) is 0 Å². The Balaban J connectivity index is 1.10. The standard InChI is InChI=1S/C40H33F6N3O3/c1-25-22-28(49-35(50)32-13-3-2-10-29(32)26-16-18-27(19-17-26)40(44,45)46)23-47-36(25)52-21-9-8-20-38(37(51)48-24-39(41,42)43)33-14-6-4-11-30(33)31-12-5-7-15-34(31)38/h2-7,10-19,22-23H,8-9,20-21,24H2,1H3,(H,48,51)(H,49,50). The van der Waals surface area contributed by atoms with Gasteiger partial charge in [-0.3, -0.25) is 9.59 Å². The number of rotatable bonds is 11. The zero-order chi connectivity index (χ0) is 37.1. The highest BCUT2D eigenvalue weighted by molar-refractivity contribution is 6.08. The average molecular weight is 718 g/mol. The molecule has 0 unspecified atom stereocenters. The van der Waals surface area contributed by atoms with Gasteiger partial charge in [-0.15, -0.1) is 0 Å². The highest BCUT2D eigenvalue weighted by atomic mass is 19.4. The summed E-state index contributed by atoms with van der Waals surface area (Å²) < 4.78 is 84.6. The monoisotopic (exact) mass is 717 g/mol. The van der Waals surface area contributed by atoms with E-state index in [1.54, 1.807) is 61.5 Å². The van der Waals surface area contributed by atoms with Gasteiger partial charge in [0, 0.05) is 11.1 Å². The van der Waals surface area contributed by atoms with Gasteiger partial charge < -0.3 is 15.4 Å². The lowest BCUT2D eigenvalue weighted by molar-refractivity contribution is -0.141. The summed E-state index contributed by atoms with van der Waals surface area (Å²) in [4.78, 5) is 31.3. The summed E-state index contributed by atoms with van der Waals surface area (Å²) in [5, 5.41) is 4.92. The van der Waals surface area contributed by atoms with Gasteiger partial charge in [0.2, 0.25) is 11.8 Å². The molecule has 2 N–H and O–H groups in total. The molecule has 1 aromatic heterocycles. The lowest BCUT2D eigenvalue weighted by Gasteiger charge is -2.31. The third kappa shape index (κ3) is 7.51. The van der Waals surface area contributed by atoms with Gasteiger partial charge in [0.25, 0.3) is 5.91 Å². The molecular formula is C40H33F6N3O3. The Labute approximate surface area is 295 Å². The second kappa shape index (κ2) is 14.5. The second-order valence-electron chi connectivity index (χ2n) is 12.5. The van der Waals surface area contributed by atoms with Crippen LogP contribution in [0.15, 0.2) is 109 Å². The number of nitrogens with zero attached hydrogens (tertiary/aromatic N) is 1. The number of hydrogen-bond acceptors (Lipinski definition) is 4. The first-order valence-corrected chi connectivity index (χ1v) is 16.5. The maximum Gasteiger partial charge on any atom is 0.416 e. The summed E-state index contributed by atoms with van der Waals surface area (Å²) in [7, 11) is 0. The molecule has 0 saturated carbocycles. The fourth-order valence-corrected chi connectivity index (χ4v) is 6.70. The number of aryl methyl sites for hydroxylation is 1. The number of benzene rings is 4. The lowest BCUT2D eigenvalue weighted by atomic mass is 9.73. The topological polar surface area (TPSA) is 80.3 Å². The Morgan fingerprint density at radius 1 is 0.769 bits per heavy atom. The molecule has 268 valence electrons. The van der Waals surface area contributed by atoms with E-state index < -0.39 is 41.7 Å². The lowest BCUT2D eigenvalue weighted by Crippen LogP contribution is -2.47. The summed E-state index contributed by atoms with van der Waals surface area (Å²) in [5.41, 5.74) is 3.02. The number of unbranched alkanes of at least 4 members (excludes halogenated alkanes) is 1. The predicted molar refractivity (Wildman–Crippen MR) is 185 cm³/mol. The molecule has 5 aromatic rings. The molecule has 0 fully saturated rings. The highest BCUT2D eigenvalue weighted by Crippen LogP contribution is 2.51. The van der Waals surface area contributed by atoms with Gasteiger partial charge in [-0.05, 0) is 83.8 Å². The first kappa shape index (κ1) is 36.2. The first-order valence-electron chi connectivity index (χ1n) is 16.5. The third-order valence-electron chi connectivity index (χ3n) is 9.07. The van der Waals surface area contributed by atoms with Crippen molar-refractivity contribution in [3.63, 3.8) is 0 Å². The minimum Gasteiger partial charge on any atom is -0.477 e. The van der Waals surface area contributed by atoms with Crippen LogP contribution in [0.3, 0.4) is 0 Å². The molecule has 0 bridgehead atoms. The van der Waals surface area contributed by atoms with Gasteiger partial charge in [0.05, 0.1) is 24.1 Å². The molecule has 6 rings (SSSR count). The molecule has 1 aliphatic rings. The third-order valence-corrected chi connectivity index (χ3v) is 9.07. The maximum atomic E-state index is 13.7. The van der Waals surface area contributed by atoms with Crippen LogP contribution in [-0.2, 0) is 16.4 Å². The van der Waals surface area contributed by atoms with Crippen molar-refractivity contribution < 1.29 is 40.7 Å². The summed E-state index contributed by atoms with van der Waals surface area (Å²) in [6, 6.07) is 27.4. The molecule has 2 amide bonds. The summed E-state index contributed by atoms with van der Waals surface area (Å²) in [6.07, 6.45) is -6.44. The van der Waals surface area contributed by atoms with E-state index in [1.165, 1.54) is 18.3 Å². The minimum atomic E-state index is -4.56. The molecule has 0 aliphatic heterocycles. The molecule has 0 radical (unpaired) electrons. The number of pyridine rings is 1. The van der Waals surface area contributed by atoms with Gasteiger partial charge in [-0.1, -0.05) is 78.9 Å². The largest absolute Gasteiger partial charge is 0.477 e. The number of carbonyl (C=O) groups is 2. The SMILES string of the molecule is Cc1cc(NC(=O)c2ccccc2-c2ccc(C(F)(F)F)cc2)cnc1OCCCCC1(C(=O)NCC(F)(F)F)c2ccccc2-c2ccccc21. The van der Waals surface area contributed by atoms with Crippen LogP contribution in [0.1, 0.15) is 51.9 Å². The van der Waals surface area contributed by atoms with Crippen LogP contribution >= 0.6 is 0 Å². The minimum absolute atomic E-state index is 0.212. The van der Waals surface area contributed by atoms with Gasteiger partial charge in [-0.25, -0.2) is 4.98 Å². The van der Waals surface area contributed by atoms with E-state index in [1.807, 2.05) is 24.3 Å². The molecule has 0 spiro atoms. The Kier molecular flexibility index (Phi) is 10.1. The summed E-state index contributed by atoms with van der Waals surface area (Å²) in [5.74, 6) is -0.869. The number of hydrogen-bond donors (Lipinski definition) is 2. The van der Waals surface area contributed by atoms with E-state index in [4.69, 9.17) is 4.74 Å². The number of aromatic nitrogens is 1. The number of fused-ring (bicyclic) bond motifs is 3. The smallest absolute Gasteiger partial charge is 0.416 e. The Bertz CT molecular complexity index is 2050. The van der Waals surface area contributed by atoms with Crippen LogP contribution < -0.4 is 15.4 Å². The van der Waals surface area contributed by atoms with Crippen molar-refractivity contribution in [2.75, 3.05) is 18.5 Å². The van der Waals surface area contributed by atoms with Crippen molar-refractivity contribution in [3.05, 3.63) is 137 Å². The number of ether oxygens (including phenoxy) is 1. The Morgan fingerprint density at radius 3 is 1.96 bits per heavy atom. The Hall–Kier alpha value is -5.65. The molecule has 4 aromatic carbocycles. The molecule has 0 saturated heterocycles. The first-order chi connectivity index (χ1) is 24.8. The highest BCUT2D eigenvalue weighted by Gasteiger charge is 2.49. The maximum absolute atomic E-state index is 13.7. The van der Waals surface area contributed by atoms with E-state index in [0.717, 1.165) is 23.3 Å². The van der Waals surface area contributed by atoms with Gasteiger partial charge >= 0.3 is 12.4 Å². The van der Waals surface area contributed by atoms with Crippen LogP contribution in [0.2, 0.25) is 0 Å². The molecule has 0 atom stereocenters. The van der Waals surface area contributed by atoms with Crippen LogP contribution in [0, 0.1) is 6.92 Å². The zero-order valence-electron chi connectivity index (χ0n) is 27.9. The Morgan fingerprint density at radius 2 is 1.37 bits per heavy atom. The normalized spacial score (nSPS) is 13.2. The van der Waals surface area contributed by atoms with Gasteiger partial charge in [0.1, 0.15) is 12.0 Å². The number of anilines is 1. The van der Waals surface area contributed by atoms with Crippen LogP contribution in [0.4, 0.5) is 32.0 Å². The summed E-state index contributed by atoms with van der Waals surface area (Å²) >= 11 is 0. The zero-order valence-corrected chi connectivity index (χ0v) is 27.9. The fraction of sp³-hybridized carbons (Fsp3) is 0.225. The number of carbonyl (C=O) groups excluding carboxylic acids is 2. The average Bonchev–Trinajstić information content (AvgIpc) is 3.41. The van der Waals surface area contributed by atoms with Crippen molar-refractivity contribution >= 4 is 17.5 Å². The van der Waals surface area contributed by atoms with Crippen molar-refractivity contribution in [3.8, 4) is 28.1 Å². The van der Waals surface area contributed by atoms with Crippen LogP contribution in [0.25, 0.3) is 22.3 Å². The summed E-state index contributed by atoms with van der Waals surface area (Å²) in [6.45, 7) is 0.526. The van der Waals surface area contributed by atoms with E-state index in [-0.39, 0.29) is 18.6 Å². The molecule has 52 heavy (non-hydrogen) atoms. The van der Waals surface area contributed by atoms with Crippen LogP contribution in [-0.4, -0.2) is 36.1 Å². The number of alkyl halides is 6. The molecule has 6 nitrogen and oxygen atoms in total. The van der Waals surface area contributed by atoms with Crippen molar-refractivity contribution in [1.29, 1.82) is 0 Å². The van der Waals surface area contributed by atoms with Gasteiger partial charge in [0.15, 0.2) is 0 Å². The molecule has 1 heterocycles. The molecular weight excluding hydrogens is 684 g/mol. The quantitative estimate of drug-likeness (QED) is 0.105. The second-order valence-corrected chi connectivity index (χ2v) is 12.5. The number of nitrogens with one attached hydrogen (secondary N) is 2. The number of halogens is 6. The van der Waals surface area contributed by atoms with E-state index in [2.05, 4.69) is 15.6 Å². The van der Waals surface area contributed by atoms with E-state index >= 15 is 0 Å². The van der Waals surface area contributed by atoms with Gasteiger partial charge in [-0.2, -0.15) is 26.3 Å². The molecule has 12 heteroatoms. The predicted octanol–water partition coefficient (Wildman–Crippen LogP) is 9.52. The van der Waals surface area contributed by atoms with E-state index in [9.17, 15) is 35.9 Å². The van der Waals surface area contributed by atoms with Crippen molar-refractivity contribution in [2.45, 2.75) is 44.0 Å². The fourth-order valence-electron chi connectivity index (χ4n) is 6.70.